The highest BCUT2D eigenvalue weighted by atomic mass is 19.1. The second-order valence-electron chi connectivity index (χ2n) is 5.52. The second kappa shape index (κ2) is 8.01. The van der Waals surface area contributed by atoms with Gasteiger partial charge in [0.2, 0.25) is 0 Å². The van der Waals surface area contributed by atoms with Crippen LogP contribution in [0.1, 0.15) is 17.0 Å². The summed E-state index contributed by atoms with van der Waals surface area (Å²) in [7, 11) is 3.97. The average molecular weight is 304 g/mol. The van der Waals surface area contributed by atoms with E-state index >= 15 is 0 Å². The van der Waals surface area contributed by atoms with Gasteiger partial charge in [-0.1, -0.05) is 24.3 Å². The molecule has 0 radical (unpaired) electrons. The van der Waals surface area contributed by atoms with Crippen molar-refractivity contribution in [3.8, 4) is 0 Å². The van der Waals surface area contributed by atoms with Crippen molar-refractivity contribution in [3.05, 3.63) is 71.3 Å². The SMILES string of the molecule is CNCCN(C)CC(c1ccc(F)cc1)c1ccc(F)cc1. The Balaban J connectivity index is 2.23. The fraction of sp³-hybridized carbons (Fsp3) is 0.333. The van der Waals surface area contributed by atoms with Crippen molar-refractivity contribution < 1.29 is 8.78 Å². The minimum Gasteiger partial charge on any atom is -0.318 e. The van der Waals surface area contributed by atoms with E-state index in [2.05, 4.69) is 17.3 Å². The maximum absolute atomic E-state index is 13.2. The Morgan fingerprint density at radius 3 is 1.77 bits per heavy atom. The van der Waals surface area contributed by atoms with Crippen molar-refractivity contribution in [2.24, 2.45) is 0 Å². The van der Waals surface area contributed by atoms with Crippen LogP contribution in [0.3, 0.4) is 0 Å². The summed E-state index contributed by atoms with van der Waals surface area (Å²) >= 11 is 0. The molecule has 2 aromatic rings. The Labute approximate surface area is 130 Å². The van der Waals surface area contributed by atoms with Crippen LogP contribution in [0.15, 0.2) is 48.5 Å². The summed E-state index contributed by atoms with van der Waals surface area (Å²) in [6.07, 6.45) is 0. The highest BCUT2D eigenvalue weighted by Crippen LogP contribution is 2.26. The molecular weight excluding hydrogens is 282 g/mol. The molecule has 0 atom stereocenters. The predicted molar refractivity (Wildman–Crippen MR) is 86.1 cm³/mol. The van der Waals surface area contributed by atoms with E-state index in [1.54, 1.807) is 24.3 Å². The van der Waals surface area contributed by atoms with Gasteiger partial charge >= 0.3 is 0 Å². The molecule has 0 amide bonds. The summed E-state index contributed by atoms with van der Waals surface area (Å²) in [6.45, 7) is 2.60. The summed E-state index contributed by atoms with van der Waals surface area (Å²) in [6, 6.07) is 13.1. The van der Waals surface area contributed by atoms with E-state index in [0.717, 1.165) is 30.8 Å². The van der Waals surface area contributed by atoms with Crippen LogP contribution >= 0.6 is 0 Å². The zero-order valence-electron chi connectivity index (χ0n) is 13.0. The standard InChI is InChI=1S/C18H22F2N2/c1-21-11-12-22(2)13-18(14-3-7-16(19)8-4-14)15-5-9-17(20)10-6-15/h3-10,18,21H,11-13H2,1-2H3. The normalized spacial score (nSPS) is 11.4. The number of nitrogens with one attached hydrogen (secondary N) is 1. The third-order valence-corrected chi connectivity index (χ3v) is 3.78. The molecule has 4 heteroatoms. The van der Waals surface area contributed by atoms with E-state index in [-0.39, 0.29) is 17.6 Å². The zero-order chi connectivity index (χ0) is 15.9. The van der Waals surface area contributed by atoms with Crippen molar-refractivity contribution >= 4 is 0 Å². The minimum absolute atomic E-state index is 0.0862. The minimum atomic E-state index is -0.245. The predicted octanol–water partition coefficient (Wildman–Crippen LogP) is 3.25. The van der Waals surface area contributed by atoms with Crippen molar-refractivity contribution in [3.63, 3.8) is 0 Å². The third kappa shape index (κ3) is 4.61. The average Bonchev–Trinajstić information content (AvgIpc) is 2.52. The van der Waals surface area contributed by atoms with Crippen LogP contribution in [-0.2, 0) is 0 Å². The first-order chi connectivity index (χ1) is 10.6. The molecule has 0 aliphatic rings. The first-order valence-electron chi connectivity index (χ1n) is 7.44. The Hall–Kier alpha value is -1.78. The van der Waals surface area contributed by atoms with Gasteiger partial charge in [0.25, 0.3) is 0 Å². The molecule has 0 aliphatic carbocycles. The first-order valence-corrected chi connectivity index (χ1v) is 7.44. The van der Waals surface area contributed by atoms with Gasteiger partial charge < -0.3 is 10.2 Å². The van der Waals surface area contributed by atoms with Gasteiger partial charge in [-0.05, 0) is 49.5 Å². The second-order valence-corrected chi connectivity index (χ2v) is 5.52. The van der Waals surface area contributed by atoms with Crippen LogP contribution in [0.2, 0.25) is 0 Å². The number of benzene rings is 2. The van der Waals surface area contributed by atoms with E-state index in [0.29, 0.717) is 0 Å². The Bertz CT molecular complexity index is 521. The number of nitrogens with zero attached hydrogens (tertiary/aromatic N) is 1. The molecule has 0 fully saturated rings. The zero-order valence-corrected chi connectivity index (χ0v) is 13.0. The van der Waals surface area contributed by atoms with Crippen molar-refractivity contribution in [1.29, 1.82) is 0 Å². The lowest BCUT2D eigenvalue weighted by Crippen LogP contribution is -2.31. The van der Waals surface area contributed by atoms with Gasteiger partial charge in [0.1, 0.15) is 11.6 Å². The molecule has 2 nitrogen and oxygen atoms in total. The third-order valence-electron chi connectivity index (χ3n) is 3.78. The van der Waals surface area contributed by atoms with Crippen LogP contribution < -0.4 is 5.32 Å². The fourth-order valence-electron chi connectivity index (χ4n) is 2.50. The first kappa shape index (κ1) is 16.6. The molecule has 0 heterocycles. The molecule has 0 aromatic heterocycles. The smallest absolute Gasteiger partial charge is 0.123 e. The number of rotatable bonds is 7. The molecule has 22 heavy (non-hydrogen) atoms. The van der Waals surface area contributed by atoms with Crippen molar-refractivity contribution in [1.82, 2.24) is 10.2 Å². The van der Waals surface area contributed by atoms with Crippen LogP contribution in [0.25, 0.3) is 0 Å². The van der Waals surface area contributed by atoms with Crippen molar-refractivity contribution in [2.45, 2.75) is 5.92 Å². The van der Waals surface area contributed by atoms with Crippen LogP contribution in [0.4, 0.5) is 8.78 Å². The van der Waals surface area contributed by atoms with Gasteiger partial charge in [0.15, 0.2) is 0 Å². The molecule has 0 bridgehead atoms. The molecule has 0 aliphatic heterocycles. The number of hydrogen-bond acceptors (Lipinski definition) is 2. The summed E-state index contributed by atoms with van der Waals surface area (Å²) < 4.78 is 26.3. The molecule has 0 unspecified atom stereocenters. The molecule has 2 aromatic carbocycles. The molecule has 2 rings (SSSR count). The summed E-state index contributed by atoms with van der Waals surface area (Å²) in [4.78, 5) is 2.22. The maximum atomic E-state index is 13.2. The Morgan fingerprint density at radius 1 is 0.909 bits per heavy atom. The van der Waals surface area contributed by atoms with Crippen LogP contribution in [0.5, 0.6) is 0 Å². The van der Waals surface area contributed by atoms with E-state index in [1.165, 1.54) is 24.3 Å². The lowest BCUT2D eigenvalue weighted by Gasteiger charge is -2.25. The summed E-state index contributed by atoms with van der Waals surface area (Å²) in [5, 5.41) is 3.13. The topological polar surface area (TPSA) is 15.3 Å². The van der Waals surface area contributed by atoms with E-state index in [1.807, 2.05) is 7.05 Å². The molecule has 0 spiro atoms. The Kier molecular flexibility index (Phi) is 6.04. The Morgan fingerprint density at radius 2 is 1.36 bits per heavy atom. The summed E-state index contributed by atoms with van der Waals surface area (Å²) in [5.74, 6) is -0.404. The highest BCUT2D eigenvalue weighted by molar-refractivity contribution is 5.33. The van der Waals surface area contributed by atoms with Crippen LogP contribution in [-0.4, -0.2) is 38.6 Å². The number of halogens is 2. The number of hydrogen-bond donors (Lipinski definition) is 1. The van der Waals surface area contributed by atoms with Crippen molar-refractivity contribution in [2.75, 3.05) is 33.7 Å². The summed E-state index contributed by atoms with van der Waals surface area (Å²) in [5.41, 5.74) is 2.06. The molecular formula is C18H22F2N2. The van der Waals surface area contributed by atoms with E-state index in [4.69, 9.17) is 0 Å². The number of likely N-dealkylation sites (N-methyl/N-ethyl adjacent to an activating group) is 2. The van der Waals surface area contributed by atoms with E-state index in [9.17, 15) is 8.78 Å². The van der Waals surface area contributed by atoms with Gasteiger partial charge in [-0.25, -0.2) is 8.78 Å². The molecule has 0 saturated carbocycles. The van der Waals surface area contributed by atoms with Gasteiger partial charge in [0.05, 0.1) is 0 Å². The largest absolute Gasteiger partial charge is 0.318 e. The lowest BCUT2D eigenvalue weighted by atomic mass is 9.91. The van der Waals surface area contributed by atoms with Gasteiger partial charge in [-0.15, -0.1) is 0 Å². The van der Waals surface area contributed by atoms with E-state index < -0.39 is 0 Å². The van der Waals surface area contributed by atoms with Gasteiger partial charge in [-0.3, -0.25) is 0 Å². The maximum Gasteiger partial charge on any atom is 0.123 e. The fourth-order valence-corrected chi connectivity index (χ4v) is 2.50. The molecule has 1 N–H and O–H groups in total. The highest BCUT2D eigenvalue weighted by Gasteiger charge is 2.16. The quantitative estimate of drug-likeness (QED) is 0.845. The molecule has 0 saturated heterocycles. The monoisotopic (exact) mass is 304 g/mol. The molecule has 118 valence electrons. The van der Waals surface area contributed by atoms with Gasteiger partial charge in [0, 0.05) is 25.6 Å². The lowest BCUT2D eigenvalue weighted by molar-refractivity contribution is 0.324. The van der Waals surface area contributed by atoms with Crippen LogP contribution in [0, 0.1) is 11.6 Å². The van der Waals surface area contributed by atoms with Gasteiger partial charge in [-0.2, -0.15) is 0 Å².